The molecule has 1 heterocycles. The van der Waals surface area contributed by atoms with Gasteiger partial charge < -0.3 is 14.8 Å². The van der Waals surface area contributed by atoms with Crippen LogP contribution < -0.4 is 5.32 Å². The van der Waals surface area contributed by atoms with Gasteiger partial charge in [0.2, 0.25) is 0 Å². The second kappa shape index (κ2) is 8.07. The van der Waals surface area contributed by atoms with Gasteiger partial charge in [-0.05, 0) is 38.8 Å². The Morgan fingerprint density at radius 3 is 2.75 bits per heavy atom. The zero-order chi connectivity index (χ0) is 15.0. The summed E-state index contributed by atoms with van der Waals surface area (Å²) in [5.74, 6) is 0. The zero-order valence-electron chi connectivity index (χ0n) is 12.1. The number of rotatable bonds is 6. The number of nitrogens with zero attached hydrogens (tertiary/aromatic N) is 1. The molecule has 6 heteroatoms. The van der Waals surface area contributed by atoms with E-state index in [0.717, 1.165) is 12.0 Å². The van der Waals surface area contributed by atoms with Crippen molar-refractivity contribution < 1.29 is 14.3 Å². The molecular formula is C14H21ClN2O3. The highest BCUT2D eigenvalue weighted by atomic mass is 35.5. The summed E-state index contributed by atoms with van der Waals surface area (Å²) in [6.07, 6.45) is 2.00. The topological polar surface area (TPSA) is 60.5 Å². The van der Waals surface area contributed by atoms with E-state index < -0.39 is 11.7 Å². The fraction of sp³-hybridized carbons (Fsp3) is 0.571. The van der Waals surface area contributed by atoms with Crippen LogP contribution in [0.5, 0.6) is 0 Å². The molecule has 0 unspecified atom stereocenters. The van der Waals surface area contributed by atoms with Crippen molar-refractivity contribution in [3.8, 4) is 0 Å². The lowest BCUT2D eigenvalue weighted by molar-refractivity contribution is 0.0518. The number of nitrogens with one attached hydrogen (secondary N) is 1. The fourth-order valence-electron chi connectivity index (χ4n) is 1.36. The Balaban J connectivity index is 2.05. The molecule has 1 amide bonds. The van der Waals surface area contributed by atoms with Gasteiger partial charge in [0, 0.05) is 19.3 Å². The van der Waals surface area contributed by atoms with E-state index in [1.54, 1.807) is 12.3 Å². The van der Waals surface area contributed by atoms with Crippen LogP contribution in [0.15, 0.2) is 18.3 Å². The van der Waals surface area contributed by atoms with E-state index in [0.29, 0.717) is 24.9 Å². The van der Waals surface area contributed by atoms with Crippen LogP contribution in [-0.2, 0) is 16.1 Å². The smallest absolute Gasteiger partial charge is 0.407 e. The maximum absolute atomic E-state index is 11.3. The number of amides is 1. The van der Waals surface area contributed by atoms with Gasteiger partial charge in [0.1, 0.15) is 10.8 Å². The molecule has 20 heavy (non-hydrogen) atoms. The summed E-state index contributed by atoms with van der Waals surface area (Å²) in [7, 11) is 0. The molecule has 112 valence electrons. The van der Waals surface area contributed by atoms with Gasteiger partial charge in [-0.3, -0.25) is 0 Å². The Bertz CT molecular complexity index is 415. The molecule has 1 aromatic rings. The molecule has 0 aliphatic carbocycles. The molecule has 0 aliphatic rings. The quantitative estimate of drug-likeness (QED) is 0.647. The van der Waals surface area contributed by atoms with Gasteiger partial charge in [-0.1, -0.05) is 17.7 Å². The Hall–Kier alpha value is -1.33. The Labute approximate surface area is 124 Å². The lowest BCUT2D eigenvalue weighted by Crippen LogP contribution is -2.33. The minimum Gasteiger partial charge on any atom is -0.444 e. The number of aromatic nitrogens is 1. The third kappa shape index (κ3) is 7.96. The number of pyridine rings is 1. The van der Waals surface area contributed by atoms with Crippen LogP contribution in [0.2, 0.25) is 5.15 Å². The lowest BCUT2D eigenvalue weighted by atomic mass is 10.2. The van der Waals surface area contributed by atoms with E-state index in [2.05, 4.69) is 10.3 Å². The van der Waals surface area contributed by atoms with E-state index in [-0.39, 0.29) is 0 Å². The molecular weight excluding hydrogens is 280 g/mol. The highest BCUT2D eigenvalue weighted by molar-refractivity contribution is 6.29. The van der Waals surface area contributed by atoms with Crippen molar-refractivity contribution in [1.82, 2.24) is 10.3 Å². The van der Waals surface area contributed by atoms with Gasteiger partial charge in [0.25, 0.3) is 0 Å². The fourth-order valence-corrected chi connectivity index (χ4v) is 1.47. The normalized spacial score (nSPS) is 11.2. The number of carbonyl (C=O) groups is 1. The molecule has 0 atom stereocenters. The van der Waals surface area contributed by atoms with Crippen molar-refractivity contribution in [2.24, 2.45) is 0 Å². The first kappa shape index (κ1) is 16.7. The van der Waals surface area contributed by atoms with Crippen LogP contribution in [0.1, 0.15) is 32.8 Å². The first-order valence-electron chi connectivity index (χ1n) is 6.52. The summed E-state index contributed by atoms with van der Waals surface area (Å²) in [6.45, 7) is 7.05. The van der Waals surface area contributed by atoms with E-state index in [4.69, 9.17) is 21.1 Å². The highest BCUT2D eigenvalue weighted by Gasteiger charge is 2.15. The predicted octanol–water partition coefficient (Wildman–Crippen LogP) is 3.17. The van der Waals surface area contributed by atoms with Gasteiger partial charge in [0.05, 0.1) is 6.61 Å². The van der Waals surface area contributed by atoms with Crippen LogP contribution in [0.25, 0.3) is 0 Å². The molecule has 0 aliphatic heterocycles. The largest absolute Gasteiger partial charge is 0.444 e. The lowest BCUT2D eigenvalue weighted by Gasteiger charge is -2.19. The average Bonchev–Trinajstić information content (AvgIpc) is 2.33. The van der Waals surface area contributed by atoms with Crippen molar-refractivity contribution in [2.75, 3.05) is 13.2 Å². The maximum Gasteiger partial charge on any atom is 0.407 e. The first-order chi connectivity index (χ1) is 9.37. The molecule has 1 N–H and O–H groups in total. The number of hydrogen-bond donors (Lipinski definition) is 1. The summed E-state index contributed by atoms with van der Waals surface area (Å²) in [5, 5.41) is 3.14. The number of ether oxygens (including phenoxy) is 2. The van der Waals surface area contributed by atoms with E-state index in [9.17, 15) is 4.79 Å². The summed E-state index contributed by atoms with van der Waals surface area (Å²) in [6, 6.07) is 3.60. The van der Waals surface area contributed by atoms with Crippen LogP contribution >= 0.6 is 11.6 Å². The minimum absolute atomic E-state index is 0.403. The second-order valence-electron chi connectivity index (χ2n) is 5.32. The summed E-state index contributed by atoms with van der Waals surface area (Å²) < 4.78 is 10.6. The van der Waals surface area contributed by atoms with Crippen LogP contribution in [0.4, 0.5) is 4.79 Å². The number of alkyl carbamates (subject to hydrolysis) is 1. The summed E-state index contributed by atoms with van der Waals surface area (Å²) in [5.41, 5.74) is 0.497. The Morgan fingerprint density at radius 1 is 1.40 bits per heavy atom. The van der Waals surface area contributed by atoms with E-state index in [1.165, 1.54) is 0 Å². The molecule has 5 nitrogen and oxygen atoms in total. The molecule has 0 saturated heterocycles. The van der Waals surface area contributed by atoms with Crippen LogP contribution in [0, 0.1) is 0 Å². The number of halogens is 1. The summed E-state index contributed by atoms with van der Waals surface area (Å²) in [4.78, 5) is 15.3. The van der Waals surface area contributed by atoms with E-state index in [1.807, 2.05) is 26.8 Å². The highest BCUT2D eigenvalue weighted by Crippen LogP contribution is 2.07. The SMILES string of the molecule is CC(C)(C)OC(=O)NCCCOCc1ccc(Cl)nc1. The minimum atomic E-state index is -0.470. The molecule has 1 rings (SSSR count). The van der Waals surface area contributed by atoms with Crippen molar-refractivity contribution in [2.45, 2.75) is 39.4 Å². The van der Waals surface area contributed by atoms with E-state index >= 15 is 0 Å². The van der Waals surface area contributed by atoms with Crippen molar-refractivity contribution in [3.05, 3.63) is 29.0 Å². The number of hydrogen-bond acceptors (Lipinski definition) is 4. The first-order valence-corrected chi connectivity index (χ1v) is 6.89. The number of carbonyl (C=O) groups excluding carboxylic acids is 1. The molecule has 0 saturated carbocycles. The molecule has 0 spiro atoms. The monoisotopic (exact) mass is 300 g/mol. The van der Waals surface area contributed by atoms with Gasteiger partial charge in [-0.25, -0.2) is 9.78 Å². The molecule has 0 bridgehead atoms. The van der Waals surface area contributed by atoms with Crippen LogP contribution in [-0.4, -0.2) is 29.8 Å². The average molecular weight is 301 g/mol. The van der Waals surface area contributed by atoms with Gasteiger partial charge in [0.15, 0.2) is 0 Å². The standard InChI is InChI=1S/C14H21ClN2O3/c1-14(2,3)20-13(18)16-7-4-8-19-10-11-5-6-12(15)17-9-11/h5-6,9H,4,7-8,10H2,1-3H3,(H,16,18). The Kier molecular flexibility index (Phi) is 6.75. The van der Waals surface area contributed by atoms with Crippen molar-refractivity contribution in [1.29, 1.82) is 0 Å². The molecule has 0 radical (unpaired) electrons. The van der Waals surface area contributed by atoms with Crippen molar-refractivity contribution in [3.63, 3.8) is 0 Å². The zero-order valence-corrected chi connectivity index (χ0v) is 12.9. The molecule has 0 aromatic carbocycles. The molecule has 1 aromatic heterocycles. The third-order valence-corrected chi connectivity index (χ3v) is 2.41. The maximum atomic E-state index is 11.3. The Morgan fingerprint density at radius 2 is 2.15 bits per heavy atom. The third-order valence-electron chi connectivity index (χ3n) is 2.19. The summed E-state index contributed by atoms with van der Waals surface area (Å²) >= 11 is 5.69. The predicted molar refractivity (Wildman–Crippen MR) is 77.8 cm³/mol. The van der Waals surface area contributed by atoms with Gasteiger partial charge >= 0.3 is 6.09 Å². The van der Waals surface area contributed by atoms with Gasteiger partial charge in [-0.15, -0.1) is 0 Å². The van der Waals surface area contributed by atoms with Crippen molar-refractivity contribution >= 4 is 17.7 Å². The van der Waals surface area contributed by atoms with Gasteiger partial charge in [-0.2, -0.15) is 0 Å². The second-order valence-corrected chi connectivity index (χ2v) is 5.71. The van der Waals surface area contributed by atoms with Crippen LogP contribution in [0.3, 0.4) is 0 Å². The molecule has 0 fully saturated rings.